The Kier molecular flexibility index (Phi) is 5.37. The highest BCUT2D eigenvalue weighted by Crippen LogP contribution is 2.32. The summed E-state index contributed by atoms with van der Waals surface area (Å²) in [5.74, 6) is 0.0667. The third-order valence-corrected chi connectivity index (χ3v) is 5.53. The molecule has 0 atom stereocenters. The summed E-state index contributed by atoms with van der Waals surface area (Å²) < 4.78 is 17.8. The number of aromatic amines is 1. The first kappa shape index (κ1) is 21.4. The molecule has 9 heteroatoms. The van der Waals surface area contributed by atoms with Crippen molar-refractivity contribution in [1.82, 2.24) is 19.6 Å². The fraction of sp³-hybridized carbons (Fsp3) is 0.200. The summed E-state index contributed by atoms with van der Waals surface area (Å²) >= 11 is 0. The molecule has 0 radical (unpaired) electrons. The monoisotopic (exact) mass is 458 g/mol. The minimum Gasteiger partial charge on any atom is -0.494 e. The molecule has 9 nitrogen and oxygen atoms in total. The summed E-state index contributed by atoms with van der Waals surface area (Å²) in [5, 5.41) is 3.10. The van der Waals surface area contributed by atoms with Crippen molar-refractivity contribution < 1.29 is 18.7 Å². The summed E-state index contributed by atoms with van der Waals surface area (Å²) in [4.78, 5) is 35.4. The number of H-pyrrole nitrogens is 1. The van der Waals surface area contributed by atoms with Crippen molar-refractivity contribution in [2.45, 2.75) is 20.3 Å². The predicted octanol–water partition coefficient (Wildman–Crippen LogP) is 3.92. The van der Waals surface area contributed by atoms with Crippen molar-refractivity contribution in [2.24, 2.45) is 0 Å². The van der Waals surface area contributed by atoms with Crippen molar-refractivity contribution in [2.75, 3.05) is 13.7 Å². The third kappa shape index (κ3) is 3.51. The van der Waals surface area contributed by atoms with E-state index in [0.717, 1.165) is 16.8 Å². The van der Waals surface area contributed by atoms with E-state index in [1.54, 1.807) is 25.1 Å². The molecule has 0 amide bonds. The maximum atomic E-state index is 13.7. The molecule has 0 aliphatic carbocycles. The highest BCUT2D eigenvalue weighted by molar-refractivity contribution is 5.85. The van der Waals surface area contributed by atoms with Gasteiger partial charge in [0, 0.05) is 11.3 Å². The molecule has 0 aliphatic heterocycles. The molecule has 0 spiro atoms. The van der Waals surface area contributed by atoms with Crippen molar-refractivity contribution in [3.63, 3.8) is 0 Å². The average Bonchev–Trinajstić information content (AvgIpc) is 3.40. The Morgan fingerprint density at radius 2 is 1.88 bits per heavy atom. The number of methoxy groups -OCH3 is 1. The van der Waals surface area contributed by atoms with E-state index >= 15 is 0 Å². The molecule has 3 heterocycles. The molecule has 3 aromatic heterocycles. The second-order valence-electron chi connectivity index (χ2n) is 7.68. The minimum absolute atomic E-state index is 0.0548. The van der Waals surface area contributed by atoms with E-state index in [1.807, 2.05) is 37.3 Å². The summed E-state index contributed by atoms with van der Waals surface area (Å²) in [7, 11) is 1.53. The fourth-order valence-corrected chi connectivity index (χ4v) is 4.06. The minimum atomic E-state index is -0.498. The zero-order valence-corrected chi connectivity index (χ0v) is 18.9. The molecule has 34 heavy (non-hydrogen) atoms. The van der Waals surface area contributed by atoms with Crippen LogP contribution < -0.4 is 10.3 Å². The molecule has 1 N–H and O–H groups in total. The molecule has 0 unspecified atom stereocenters. The number of esters is 1. The van der Waals surface area contributed by atoms with E-state index < -0.39 is 11.5 Å². The molecular weight excluding hydrogens is 436 g/mol. The van der Waals surface area contributed by atoms with E-state index in [2.05, 4.69) is 10.1 Å². The number of para-hydroxylation sites is 1. The van der Waals surface area contributed by atoms with Crippen LogP contribution in [0.5, 0.6) is 5.75 Å². The third-order valence-electron chi connectivity index (χ3n) is 5.53. The van der Waals surface area contributed by atoms with Crippen LogP contribution in [-0.2, 0) is 16.0 Å². The van der Waals surface area contributed by atoms with E-state index in [0.29, 0.717) is 22.5 Å². The molecule has 5 rings (SSSR count). The van der Waals surface area contributed by atoms with Crippen LogP contribution in [0.2, 0.25) is 0 Å². The molecule has 0 aliphatic rings. The Morgan fingerprint density at radius 3 is 2.62 bits per heavy atom. The van der Waals surface area contributed by atoms with Gasteiger partial charge in [0.1, 0.15) is 11.3 Å². The fourth-order valence-electron chi connectivity index (χ4n) is 4.06. The van der Waals surface area contributed by atoms with Crippen LogP contribution in [0.3, 0.4) is 0 Å². The Hall–Kier alpha value is -4.40. The van der Waals surface area contributed by atoms with Gasteiger partial charge in [-0.25, -0.2) is 14.5 Å². The van der Waals surface area contributed by atoms with Crippen LogP contribution in [0, 0.1) is 6.92 Å². The highest BCUT2D eigenvalue weighted by atomic mass is 16.5. The normalized spacial score (nSPS) is 11.3. The number of aryl methyl sites for hydroxylation is 1. The first-order chi connectivity index (χ1) is 16.5. The maximum absolute atomic E-state index is 13.7. The number of ether oxygens (including phenoxy) is 2. The predicted molar refractivity (Wildman–Crippen MR) is 126 cm³/mol. The molecule has 5 aromatic rings. The van der Waals surface area contributed by atoms with Crippen molar-refractivity contribution in [3.05, 3.63) is 70.3 Å². The first-order valence-electron chi connectivity index (χ1n) is 10.8. The molecule has 2 aromatic carbocycles. The van der Waals surface area contributed by atoms with E-state index in [4.69, 9.17) is 18.9 Å². The standard InChI is InChI=1S/C25H22N4O5/c1-4-33-19(30)13-16-21(24-27-22-17(32-3)11-8-12-18(22)34-24)25(31)29-23(26-16)20(14(2)28-29)15-9-6-5-7-10-15/h5-12,28H,4,13H2,1-3H3. The van der Waals surface area contributed by atoms with Crippen molar-refractivity contribution >= 4 is 22.7 Å². The van der Waals surface area contributed by atoms with Gasteiger partial charge < -0.3 is 13.9 Å². The summed E-state index contributed by atoms with van der Waals surface area (Å²) in [6.07, 6.45) is -0.205. The number of carbonyl (C=O) groups excluding carboxylic acids is 1. The van der Waals surface area contributed by atoms with Gasteiger partial charge in [-0.2, -0.15) is 0 Å². The van der Waals surface area contributed by atoms with E-state index in [1.165, 1.54) is 11.6 Å². The number of carbonyl (C=O) groups is 1. The lowest BCUT2D eigenvalue weighted by Gasteiger charge is -2.07. The lowest BCUT2D eigenvalue weighted by Crippen LogP contribution is -2.22. The van der Waals surface area contributed by atoms with Crippen molar-refractivity contribution in [1.29, 1.82) is 0 Å². The zero-order chi connectivity index (χ0) is 23.8. The van der Waals surface area contributed by atoms with Gasteiger partial charge in [-0.3, -0.25) is 14.7 Å². The number of fused-ring (bicyclic) bond motifs is 2. The summed E-state index contributed by atoms with van der Waals surface area (Å²) in [6.45, 7) is 3.81. The average molecular weight is 458 g/mol. The molecule has 0 fully saturated rings. The van der Waals surface area contributed by atoms with Gasteiger partial charge in [0.25, 0.3) is 5.56 Å². The SMILES string of the molecule is CCOC(=O)Cc1nc2c(-c3ccccc3)c(C)[nH]n2c(=O)c1-c1nc2c(OC)cccc2o1. The second-order valence-corrected chi connectivity index (χ2v) is 7.68. The van der Waals surface area contributed by atoms with Crippen LogP contribution >= 0.6 is 0 Å². The van der Waals surface area contributed by atoms with Gasteiger partial charge in [-0.05, 0) is 31.5 Å². The number of aromatic nitrogens is 4. The van der Waals surface area contributed by atoms with Gasteiger partial charge in [0.05, 0.1) is 25.8 Å². The zero-order valence-electron chi connectivity index (χ0n) is 18.9. The number of nitrogens with zero attached hydrogens (tertiary/aromatic N) is 3. The van der Waals surface area contributed by atoms with E-state index in [9.17, 15) is 9.59 Å². The second kappa shape index (κ2) is 8.51. The Bertz CT molecular complexity index is 1580. The topological polar surface area (TPSA) is 112 Å². The first-order valence-corrected chi connectivity index (χ1v) is 10.8. The van der Waals surface area contributed by atoms with Crippen LogP contribution in [0.15, 0.2) is 57.7 Å². The quantitative estimate of drug-likeness (QED) is 0.384. The van der Waals surface area contributed by atoms with Crippen molar-refractivity contribution in [3.8, 4) is 28.3 Å². The van der Waals surface area contributed by atoms with E-state index in [-0.39, 0.29) is 30.2 Å². The molecule has 0 bridgehead atoms. The van der Waals surface area contributed by atoms with Gasteiger partial charge in [-0.15, -0.1) is 0 Å². The molecular formula is C25H22N4O5. The van der Waals surface area contributed by atoms with Gasteiger partial charge >= 0.3 is 5.97 Å². The number of hydrogen-bond acceptors (Lipinski definition) is 7. The Morgan fingerprint density at radius 1 is 1.09 bits per heavy atom. The van der Waals surface area contributed by atoms with Crippen LogP contribution in [0.1, 0.15) is 18.3 Å². The van der Waals surface area contributed by atoms with Gasteiger partial charge in [-0.1, -0.05) is 36.4 Å². The largest absolute Gasteiger partial charge is 0.494 e. The Balaban J connectivity index is 1.80. The maximum Gasteiger partial charge on any atom is 0.311 e. The van der Waals surface area contributed by atoms with Crippen LogP contribution in [0.4, 0.5) is 0 Å². The number of benzene rings is 2. The highest BCUT2D eigenvalue weighted by Gasteiger charge is 2.25. The number of nitrogens with one attached hydrogen (secondary N) is 1. The molecule has 172 valence electrons. The van der Waals surface area contributed by atoms with Crippen LogP contribution in [-0.4, -0.2) is 39.3 Å². The van der Waals surface area contributed by atoms with Gasteiger partial charge in [0.2, 0.25) is 5.89 Å². The summed E-state index contributed by atoms with van der Waals surface area (Å²) in [6, 6.07) is 14.9. The molecule has 0 saturated heterocycles. The van der Waals surface area contributed by atoms with Gasteiger partial charge in [0.15, 0.2) is 16.7 Å². The number of hydrogen-bond donors (Lipinski definition) is 1. The molecule has 0 saturated carbocycles. The number of rotatable bonds is 6. The lowest BCUT2D eigenvalue weighted by molar-refractivity contribution is -0.142. The Labute approximate surface area is 194 Å². The summed E-state index contributed by atoms with van der Waals surface area (Å²) in [5.41, 5.74) is 3.64. The van der Waals surface area contributed by atoms with Crippen LogP contribution in [0.25, 0.3) is 39.3 Å². The lowest BCUT2D eigenvalue weighted by atomic mass is 10.1. The number of oxazole rings is 1. The smallest absolute Gasteiger partial charge is 0.311 e.